The maximum Gasteiger partial charge on any atom is 3.00 e. The van der Waals surface area contributed by atoms with Crippen LogP contribution in [-0.4, -0.2) is 205 Å². The fourth-order valence-corrected chi connectivity index (χ4v) is 12.1. The first-order valence-electron chi connectivity index (χ1n) is 34.6. The number of sulfonamides is 2. The molecule has 0 fully saturated rings. The molecule has 0 unspecified atom stereocenters. The predicted octanol–water partition coefficient (Wildman–Crippen LogP) is 1.35. The van der Waals surface area contributed by atoms with Crippen molar-refractivity contribution in [2.24, 2.45) is 0 Å². The van der Waals surface area contributed by atoms with Crippen LogP contribution in [0.1, 0.15) is 107 Å². The van der Waals surface area contributed by atoms with E-state index in [4.69, 9.17) is 28.4 Å². The molecule has 634 valence electrons. The summed E-state index contributed by atoms with van der Waals surface area (Å²) in [7, 11) is 4.64. The van der Waals surface area contributed by atoms with Crippen molar-refractivity contribution in [2.45, 2.75) is 76.3 Å². The number of carbonyl (C=O) groups excluding carboxylic acids is 10. The molecular formula is C82H92Gd2N6O26S2. The van der Waals surface area contributed by atoms with E-state index < -0.39 is 107 Å². The Bertz CT molecular complexity index is 4310. The first kappa shape index (κ1) is 106. The van der Waals surface area contributed by atoms with Gasteiger partial charge in [-0.2, -0.15) is 9.44 Å². The number of hydrogen-bond donors (Lipinski definition) is 2. The topological polar surface area (TPSA) is 470 Å². The number of nitrogens with one attached hydrogen (secondary N) is 2. The van der Waals surface area contributed by atoms with Crippen LogP contribution in [0.5, 0.6) is 34.5 Å². The van der Waals surface area contributed by atoms with Crippen molar-refractivity contribution >= 4 is 81.5 Å². The van der Waals surface area contributed by atoms with Gasteiger partial charge in [0, 0.05) is 89.8 Å². The Kier molecular flexibility index (Phi) is 45.2. The predicted molar refractivity (Wildman–Crippen MR) is 413 cm³/mol. The number of carboxylic acid groups (broad SMARTS) is 6. The largest absolute Gasteiger partial charge is 3.00 e. The molecule has 0 spiro atoms. The van der Waals surface area contributed by atoms with Gasteiger partial charge in [-0.25, -0.2) is 16.8 Å². The van der Waals surface area contributed by atoms with E-state index in [0.717, 1.165) is 36.8 Å². The number of rotatable bonds is 34. The molecule has 8 aromatic carbocycles. The number of benzene rings is 8. The molecule has 0 saturated carbocycles. The van der Waals surface area contributed by atoms with Crippen LogP contribution in [0.3, 0.4) is 0 Å². The van der Waals surface area contributed by atoms with Crippen molar-refractivity contribution in [3.8, 4) is 34.5 Å². The maximum absolute atomic E-state index is 13.9. The third-order valence-electron chi connectivity index (χ3n) is 15.4. The fraction of sp³-hybridized carbons (Fsp3) is 0.293. The molecular weight excluding hydrogens is 1860 g/mol. The molecule has 0 saturated heterocycles. The molecule has 0 heterocycles. The zero-order valence-corrected chi connectivity index (χ0v) is 73.7. The molecule has 0 aliphatic carbocycles. The number of amides is 4. The number of hydrogen-bond acceptors (Lipinski definition) is 26. The number of aryl methyl sites for hydroxylation is 8. The molecule has 36 heteroatoms. The molecule has 8 rings (SSSR count). The van der Waals surface area contributed by atoms with Gasteiger partial charge in [-0.1, -0.05) is 71.8 Å². The number of nitrogens with zero attached hydrogens (tertiary/aromatic N) is 4. The normalized spacial score (nSPS) is 10.5. The summed E-state index contributed by atoms with van der Waals surface area (Å²) in [6.45, 7) is 9.74. The summed E-state index contributed by atoms with van der Waals surface area (Å²) < 4.78 is 96.4. The monoisotopic (exact) mass is 1960 g/mol. The van der Waals surface area contributed by atoms with Gasteiger partial charge in [-0.3, -0.25) is 19.2 Å². The second-order valence-electron chi connectivity index (χ2n) is 27.1. The molecule has 0 aliphatic rings. The number of ether oxygens (including phenoxy) is 6. The minimum absolute atomic E-state index is 0. The van der Waals surface area contributed by atoms with Crippen LogP contribution < -0.4 is 68.5 Å². The number of carbonyl (C=O) groups is 10. The van der Waals surface area contributed by atoms with E-state index in [1.54, 1.807) is 136 Å². The van der Waals surface area contributed by atoms with E-state index in [1.165, 1.54) is 153 Å². The standard InChI is InChI=1S/2C35H35NO11S.4C3H7NO.2Gd/c2*1-21-5-10-25(11-6-21)48(43,44)36-35(18-45-29-15-22(2)7-12-26(29)32(37)38,19-46-30-16-23(3)8-13-27(30)33(39)40)20-47-31-17-24(4)9-14-28(31)34(41)42;4*1-4(2)3-5;;/h2*5-17,36H,18-20H2,1-4H3,(H,37,38)(H,39,40)(H,41,42);4*3H,1-2H3;;/q;;;;;;2*+3/p-6. The van der Waals surface area contributed by atoms with Crippen LogP contribution in [0, 0.1) is 135 Å². The summed E-state index contributed by atoms with van der Waals surface area (Å²) in [5.74, 6) is -10.3. The first-order chi connectivity index (χ1) is 54.3. The van der Waals surface area contributed by atoms with Gasteiger partial charge in [-0.05, 0) is 186 Å². The Morgan fingerprint density at radius 2 is 0.424 bits per heavy atom. The summed E-state index contributed by atoms with van der Waals surface area (Å²) in [4.78, 5) is 115. The Balaban J connectivity index is 0.000000943. The first-order valence-corrected chi connectivity index (χ1v) is 37.6. The Labute approximate surface area is 749 Å². The SMILES string of the molecule is CN(C)C=O.CN(C)C=O.CN(C)C=O.CN(C)C=O.Cc1ccc(S(=O)(=O)NC(COc2cc(C)ccc2C(=O)[O-])(COc2cc(C)ccc2C(=O)[O-])COc2cc(C)ccc2C(=O)[O-])cc1.Cc1ccc(S(=O)(=O)NC(COc2cc(C)ccc2C(=O)[O-])(COc2cc(C)ccc2C(=O)[O-])COc2cc(C)ccc2C(=O)[O-])cc1.[Gd+3].[Gd+3]. The van der Waals surface area contributed by atoms with Gasteiger partial charge < -0.3 is 107 Å². The minimum Gasteiger partial charge on any atom is -0.545 e. The molecule has 0 aromatic heterocycles. The zero-order chi connectivity index (χ0) is 87.6. The maximum atomic E-state index is 13.9. The van der Waals surface area contributed by atoms with Gasteiger partial charge in [0.1, 0.15) is 85.2 Å². The third kappa shape index (κ3) is 35.9. The average molecular weight is 1960 g/mol. The van der Waals surface area contributed by atoms with E-state index in [2.05, 4.69) is 9.44 Å². The van der Waals surface area contributed by atoms with E-state index in [0.29, 0.717) is 33.4 Å². The van der Waals surface area contributed by atoms with Crippen LogP contribution >= 0.6 is 0 Å². The second-order valence-corrected chi connectivity index (χ2v) is 30.5. The van der Waals surface area contributed by atoms with Crippen molar-refractivity contribution < 1.29 is 204 Å². The molecule has 2 N–H and O–H groups in total. The smallest absolute Gasteiger partial charge is 0.545 e. The molecule has 118 heavy (non-hydrogen) atoms. The van der Waals surface area contributed by atoms with Gasteiger partial charge in [-0.15, -0.1) is 0 Å². The van der Waals surface area contributed by atoms with Gasteiger partial charge in [0.05, 0.1) is 45.6 Å². The molecule has 0 aliphatic heterocycles. The molecule has 2 radical (unpaired) electrons. The van der Waals surface area contributed by atoms with Gasteiger partial charge in [0.25, 0.3) is 0 Å². The van der Waals surface area contributed by atoms with E-state index in [9.17, 15) is 95.4 Å². The van der Waals surface area contributed by atoms with Crippen molar-refractivity contribution in [1.82, 2.24) is 29.0 Å². The average Bonchev–Trinajstić information content (AvgIpc) is 0.791. The molecule has 4 amide bonds. The fourth-order valence-electron chi connectivity index (χ4n) is 9.35. The molecule has 32 nitrogen and oxygen atoms in total. The molecule has 8 aromatic rings. The summed E-state index contributed by atoms with van der Waals surface area (Å²) in [6.07, 6.45) is 3.00. The minimum atomic E-state index is -4.43. The van der Waals surface area contributed by atoms with E-state index in [-0.39, 0.29) is 158 Å². The Hall–Kier alpha value is -10.3. The quantitative estimate of drug-likeness (QED) is 0.0537. The van der Waals surface area contributed by atoms with Gasteiger partial charge in [0.2, 0.25) is 45.7 Å². The zero-order valence-electron chi connectivity index (χ0n) is 67.5. The van der Waals surface area contributed by atoms with Gasteiger partial charge >= 0.3 is 79.9 Å². The summed E-state index contributed by atoms with van der Waals surface area (Å²) in [6, 6.07) is 37.0. The van der Waals surface area contributed by atoms with Gasteiger partial charge in [0.15, 0.2) is 0 Å². The third-order valence-corrected chi connectivity index (χ3v) is 18.6. The summed E-state index contributed by atoms with van der Waals surface area (Å²) >= 11 is 0. The molecule has 0 bridgehead atoms. The summed E-state index contributed by atoms with van der Waals surface area (Å²) in [5, 5.41) is 71.5. The van der Waals surface area contributed by atoms with Crippen molar-refractivity contribution in [2.75, 3.05) is 96.0 Å². The summed E-state index contributed by atoms with van der Waals surface area (Å²) in [5.41, 5.74) is -0.639. The van der Waals surface area contributed by atoms with Crippen LogP contribution in [0.4, 0.5) is 0 Å². The van der Waals surface area contributed by atoms with Crippen LogP contribution in [0.2, 0.25) is 0 Å². The Morgan fingerprint density at radius 3 is 0.551 bits per heavy atom. The van der Waals surface area contributed by atoms with Crippen molar-refractivity contribution in [3.05, 3.63) is 236 Å². The number of carboxylic acids is 6. The number of aromatic carboxylic acids is 6. The Morgan fingerprint density at radius 1 is 0.288 bits per heavy atom. The van der Waals surface area contributed by atoms with Crippen LogP contribution in [-0.2, 0) is 39.2 Å². The van der Waals surface area contributed by atoms with Crippen molar-refractivity contribution in [3.63, 3.8) is 0 Å². The second kappa shape index (κ2) is 50.5. The van der Waals surface area contributed by atoms with E-state index >= 15 is 0 Å². The molecule has 0 atom stereocenters. The van der Waals surface area contributed by atoms with Crippen LogP contribution in [0.25, 0.3) is 0 Å². The van der Waals surface area contributed by atoms with Crippen LogP contribution in [0.15, 0.2) is 168 Å². The van der Waals surface area contributed by atoms with E-state index in [1.807, 2.05) is 0 Å². The van der Waals surface area contributed by atoms with Crippen molar-refractivity contribution in [1.29, 1.82) is 0 Å².